The van der Waals surface area contributed by atoms with Gasteiger partial charge in [-0.15, -0.1) is 0 Å². The highest BCUT2D eigenvalue weighted by Crippen LogP contribution is 1.95. The molecule has 0 aromatic heterocycles. The van der Waals surface area contributed by atoms with Gasteiger partial charge in [0.05, 0.1) is 0 Å². The molecule has 0 spiro atoms. The van der Waals surface area contributed by atoms with Gasteiger partial charge in [-0.3, -0.25) is 4.79 Å². The molecule has 4 nitrogen and oxygen atoms in total. The van der Waals surface area contributed by atoms with Gasteiger partial charge in [0, 0.05) is 6.42 Å². The number of halogens is 1. The molecule has 0 heterocycles. The Morgan fingerprint density at radius 1 is 1.67 bits per heavy atom. The van der Waals surface area contributed by atoms with Crippen LogP contribution in [0.5, 0.6) is 0 Å². The Morgan fingerprint density at radius 2 is 2.11 bits per heavy atom. The second kappa shape index (κ2) is 2.77. The molecule has 0 aliphatic rings. The summed E-state index contributed by atoms with van der Waals surface area (Å²) in [7, 11) is -5.08. The summed E-state index contributed by atoms with van der Waals surface area (Å²) in [6, 6.07) is 0. The Morgan fingerprint density at radius 3 is 2.22 bits per heavy atom. The molecule has 0 N–H and O–H groups in total. The van der Waals surface area contributed by atoms with Gasteiger partial charge < -0.3 is 4.18 Å². The molecule has 0 unspecified atom stereocenters. The van der Waals surface area contributed by atoms with E-state index in [2.05, 4.69) is 4.18 Å². The Balaban J connectivity index is 3.91. The minimum Gasteiger partial charge on any atom is -0.322 e. The van der Waals surface area contributed by atoms with Gasteiger partial charge in [0.15, 0.2) is 0 Å². The van der Waals surface area contributed by atoms with E-state index in [1.807, 2.05) is 0 Å². The first-order chi connectivity index (χ1) is 3.95. The van der Waals surface area contributed by atoms with E-state index in [-0.39, 0.29) is 6.42 Å². The predicted molar refractivity (Wildman–Crippen MR) is 26.4 cm³/mol. The summed E-state index contributed by atoms with van der Waals surface area (Å²) in [5, 5.41) is 0. The van der Waals surface area contributed by atoms with E-state index in [1.54, 1.807) is 0 Å². The van der Waals surface area contributed by atoms with Crippen LogP contribution in [0.4, 0.5) is 3.89 Å². The Bertz CT molecular complexity index is 194. The van der Waals surface area contributed by atoms with Gasteiger partial charge in [0.25, 0.3) is 0 Å². The smallest absolute Gasteiger partial charge is 0.322 e. The highest BCUT2D eigenvalue weighted by Gasteiger charge is 2.12. The molecule has 0 bridgehead atoms. The first kappa shape index (κ1) is 8.35. The fourth-order valence-electron chi connectivity index (χ4n) is 0.170. The van der Waals surface area contributed by atoms with Crippen molar-refractivity contribution in [2.75, 3.05) is 0 Å². The average Bonchev–Trinajstić information content (AvgIpc) is 1.62. The summed E-state index contributed by atoms with van der Waals surface area (Å²) in [5.74, 6) is -1.10. The normalized spacial score (nSPS) is 10.9. The first-order valence-electron chi connectivity index (χ1n) is 2.12. The standard InChI is InChI=1S/C3H5FO4S/c1-2-3(5)8-9(4,6)7/h2H2,1H3. The summed E-state index contributed by atoms with van der Waals surface area (Å²) >= 11 is 0. The van der Waals surface area contributed by atoms with Gasteiger partial charge in [0.2, 0.25) is 0 Å². The molecule has 9 heavy (non-hydrogen) atoms. The third-order valence-electron chi connectivity index (χ3n) is 0.481. The van der Waals surface area contributed by atoms with Gasteiger partial charge in [-0.05, 0) is 0 Å². The van der Waals surface area contributed by atoms with Crippen LogP contribution < -0.4 is 0 Å². The lowest BCUT2D eigenvalue weighted by Gasteiger charge is -1.91. The number of hydrogen-bond donors (Lipinski definition) is 0. The Hall–Kier alpha value is -0.650. The largest absolute Gasteiger partial charge is 0.491 e. The summed E-state index contributed by atoms with van der Waals surface area (Å²) in [5.41, 5.74) is 0. The maximum Gasteiger partial charge on any atom is 0.491 e. The van der Waals surface area contributed by atoms with E-state index in [0.29, 0.717) is 0 Å². The van der Waals surface area contributed by atoms with Crippen LogP contribution >= 0.6 is 0 Å². The minimum absolute atomic E-state index is 0.164. The molecule has 0 aromatic rings. The fourth-order valence-corrected chi connectivity index (χ4v) is 0.510. The Labute approximate surface area is 52.0 Å². The van der Waals surface area contributed by atoms with Crippen molar-refractivity contribution in [3.8, 4) is 0 Å². The highest BCUT2D eigenvalue weighted by atomic mass is 32.3. The van der Waals surface area contributed by atoms with Gasteiger partial charge in [-0.25, -0.2) is 0 Å². The molecule has 0 rings (SSSR count). The molecular weight excluding hydrogens is 151 g/mol. The highest BCUT2D eigenvalue weighted by molar-refractivity contribution is 7.81. The monoisotopic (exact) mass is 156 g/mol. The van der Waals surface area contributed by atoms with Crippen molar-refractivity contribution >= 4 is 16.5 Å². The predicted octanol–water partition coefficient (Wildman–Crippen LogP) is 0.154. The molecule has 6 heteroatoms. The van der Waals surface area contributed by atoms with Crippen LogP contribution in [0, 0.1) is 0 Å². The fraction of sp³-hybridized carbons (Fsp3) is 0.667. The molecular formula is C3H5FO4S. The van der Waals surface area contributed by atoms with E-state index < -0.39 is 16.5 Å². The van der Waals surface area contributed by atoms with E-state index in [4.69, 9.17) is 0 Å². The van der Waals surface area contributed by atoms with Gasteiger partial charge >= 0.3 is 16.5 Å². The molecule has 0 fully saturated rings. The van der Waals surface area contributed by atoms with Crippen molar-refractivity contribution in [2.45, 2.75) is 13.3 Å². The lowest BCUT2D eigenvalue weighted by Crippen LogP contribution is -2.06. The van der Waals surface area contributed by atoms with Crippen LogP contribution in [-0.2, 0) is 19.5 Å². The molecule has 0 atom stereocenters. The van der Waals surface area contributed by atoms with Crippen molar-refractivity contribution in [2.24, 2.45) is 0 Å². The van der Waals surface area contributed by atoms with Crippen LogP contribution in [0.3, 0.4) is 0 Å². The lowest BCUT2D eigenvalue weighted by atomic mass is 10.5. The number of rotatable bonds is 2. The zero-order chi connectivity index (χ0) is 7.49. The quantitative estimate of drug-likeness (QED) is 0.534. The summed E-state index contributed by atoms with van der Waals surface area (Å²) in [6.45, 7) is 1.35. The Kier molecular flexibility index (Phi) is 2.57. The molecule has 0 radical (unpaired) electrons. The number of hydrogen-bond acceptors (Lipinski definition) is 4. The summed E-state index contributed by atoms with van der Waals surface area (Å²) in [4.78, 5) is 9.99. The van der Waals surface area contributed by atoms with Gasteiger partial charge in [0.1, 0.15) is 0 Å². The number of carbonyl (C=O) groups is 1. The first-order valence-corrected chi connectivity index (χ1v) is 3.43. The van der Waals surface area contributed by atoms with E-state index in [0.717, 1.165) is 0 Å². The summed E-state index contributed by atoms with van der Waals surface area (Å²) in [6.07, 6.45) is -0.164. The lowest BCUT2D eigenvalue weighted by molar-refractivity contribution is -0.133. The summed E-state index contributed by atoms with van der Waals surface area (Å²) < 4.78 is 33.6. The molecule has 0 aliphatic carbocycles. The molecule has 0 saturated heterocycles. The van der Waals surface area contributed by atoms with Crippen LogP contribution in [0.15, 0.2) is 0 Å². The zero-order valence-electron chi connectivity index (χ0n) is 4.63. The maximum absolute atomic E-state index is 11.4. The zero-order valence-corrected chi connectivity index (χ0v) is 5.44. The van der Waals surface area contributed by atoms with E-state index >= 15 is 0 Å². The van der Waals surface area contributed by atoms with Crippen molar-refractivity contribution in [1.29, 1.82) is 0 Å². The van der Waals surface area contributed by atoms with Crippen molar-refractivity contribution < 1.29 is 21.3 Å². The van der Waals surface area contributed by atoms with Crippen molar-refractivity contribution in [3.63, 3.8) is 0 Å². The topological polar surface area (TPSA) is 60.4 Å². The van der Waals surface area contributed by atoms with Crippen molar-refractivity contribution in [3.05, 3.63) is 0 Å². The molecule has 54 valence electrons. The minimum atomic E-state index is -5.08. The van der Waals surface area contributed by atoms with Crippen LogP contribution in [0.2, 0.25) is 0 Å². The second-order valence-corrected chi connectivity index (χ2v) is 2.15. The average molecular weight is 156 g/mol. The van der Waals surface area contributed by atoms with Gasteiger partial charge in [-0.2, -0.15) is 8.42 Å². The molecule has 0 saturated carbocycles. The van der Waals surface area contributed by atoms with E-state index in [1.165, 1.54) is 6.92 Å². The van der Waals surface area contributed by atoms with Crippen LogP contribution in [-0.4, -0.2) is 14.4 Å². The van der Waals surface area contributed by atoms with E-state index in [9.17, 15) is 17.1 Å². The van der Waals surface area contributed by atoms with Crippen LogP contribution in [0.1, 0.15) is 13.3 Å². The molecule has 0 aliphatic heterocycles. The number of carbonyl (C=O) groups excluding carboxylic acids is 1. The van der Waals surface area contributed by atoms with Gasteiger partial charge in [-0.1, -0.05) is 10.8 Å². The third-order valence-corrected chi connectivity index (χ3v) is 0.866. The van der Waals surface area contributed by atoms with Crippen LogP contribution in [0.25, 0.3) is 0 Å². The second-order valence-electron chi connectivity index (χ2n) is 1.20. The SMILES string of the molecule is CCC(=O)OS(=O)(=O)F. The molecule has 0 aromatic carbocycles. The third kappa shape index (κ3) is 5.22. The maximum atomic E-state index is 11.4. The molecule has 0 amide bonds. The van der Waals surface area contributed by atoms with Crippen molar-refractivity contribution in [1.82, 2.24) is 0 Å².